The van der Waals surface area contributed by atoms with Crippen LogP contribution in [0, 0.1) is 0 Å². The summed E-state index contributed by atoms with van der Waals surface area (Å²) in [5.74, 6) is 0.835. The summed E-state index contributed by atoms with van der Waals surface area (Å²) < 4.78 is 5.56. The fourth-order valence-corrected chi connectivity index (χ4v) is 1.60. The number of aromatic nitrogens is 1. The van der Waals surface area contributed by atoms with Gasteiger partial charge in [-0.15, -0.1) is 0 Å². The average molecular weight is 229 g/mol. The number of hydrogen-bond donors (Lipinski definition) is 1. The van der Waals surface area contributed by atoms with E-state index in [1.165, 1.54) is 6.07 Å². The van der Waals surface area contributed by atoms with E-state index in [0.29, 0.717) is 0 Å². The van der Waals surface area contributed by atoms with Crippen LogP contribution in [0.1, 0.15) is 13.8 Å². The first kappa shape index (κ1) is 11.5. The number of nitrogens with one attached hydrogen (secondary N) is 1. The normalized spacial score (nSPS) is 10.5. The quantitative estimate of drug-likeness (QED) is 0.879. The highest BCUT2D eigenvalue weighted by atomic mass is 16.5. The molecule has 88 valence electrons. The van der Waals surface area contributed by atoms with E-state index in [9.17, 15) is 4.79 Å². The van der Waals surface area contributed by atoms with Crippen LogP contribution in [0.15, 0.2) is 47.3 Å². The Hall–Kier alpha value is -2.03. The third-order valence-corrected chi connectivity index (χ3v) is 2.31. The molecule has 1 heterocycles. The lowest BCUT2D eigenvalue weighted by molar-refractivity contribution is 0.242. The van der Waals surface area contributed by atoms with E-state index in [2.05, 4.69) is 4.98 Å². The summed E-state index contributed by atoms with van der Waals surface area (Å²) in [6, 6.07) is 12.8. The number of pyridine rings is 1. The predicted octanol–water partition coefficient (Wildman–Crippen LogP) is 2.83. The lowest BCUT2D eigenvalue weighted by Crippen LogP contribution is -2.05. The highest BCUT2D eigenvalue weighted by Gasteiger charge is 2.00. The number of benzene rings is 1. The Morgan fingerprint density at radius 2 is 1.76 bits per heavy atom. The molecule has 2 aromatic rings. The molecule has 0 fully saturated rings. The second-order valence-electron chi connectivity index (χ2n) is 4.12. The summed E-state index contributed by atoms with van der Waals surface area (Å²) in [7, 11) is 0. The first-order valence-corrected chi connectivity index (χ1v) is 5.61. The fraction of sp³-hybridized carbons (Fsp3) is 0.214. The molecular weight excluding hydrogens is 214 g/mol. The molecule has 0 amide bonds. The predicted molar refractivity (Wildman–Crippen MR) is 68.3 cm³/mol. The molecule has 0 atom stereocenters. The van der Waals surface area contributed by atoms with Gasteiger partial charge < -0.3 is 9.72 Å². The molecule has 0 aliphatic heterocycles. The number of rotatable bonds is 3. The van der Waals surface area contributed by atoms with Crippen LogP contribution in [-0.4, -0.2) is 11.1 Å². The molecule has 0 bridgehead atoms. The van der Waals surface area contributed by atoms with Crippen molar-refractivity contribution < 1.29 is 4.74 Å². The second kappa shape index (κ2) is 4.87. The van der Waals surface area contributed by atoms with Gasteiger partial charge >= 0.3 is 0 Å². The van der Waals surface area contributed by atoms with Crippen molar-refractivity contribution in [3.63, 3.8) is 0 Å². The molecule has 3 heteroatoms. The summed E-state index contributed by atoms with van der Waals surface area (Å²) in [5, 5.41) is 0. The first-order valence-electron chi connectivity index (χ1n) is 5.61. The molecule has 0 aliphatic carbocycles. The Bertz CT molecular complexity index is 541. The second-order valence-corrected chi connectivity index (χ2v) is 4.12. The maximum absolute atomic E-state index is 11.2. The number of H-pyrrole nitrogens is 1. The van der Waals surface area contributed by atoms with Crippen LogP contribution in [-0.2, 0) is 0 Å². The molecule has 0 unspecified atom stereocenters. The van der Waals surface area contributed by atoms with E-state index >= 15 is 0 Å². The van der Waals surface area contributed by atoms with Gasteiger partial charge in [0.2, 0.25) is 5.56 Å². The minimum absolute atomic E-state index is 0.0926. The van der Waals surface area contributed by atoms with Crippen LogP contribution in [0.2, 0.25) is 0 Å². The van der Waals surface area contributed by atoms with Gasteiger partial charge in [-0.05, 0) is 49.7 Å². The largest absolute Gasteiger partial charge is 0.491 e. The van der Waals surface area contributed by atoms with Gasteiger partial charge in [-0.3, -0.25) is 4.79 Å². The first-order chi connectivity index (χ1) is 8.15. The molecule has 1 aromatic heterocycles. The highest BCUT2D eigenvalue weighted by Crippen LogP contribution is 2.20. The summed E-state index contributed by atoms with van der Waals surface area (Å²) in [4.78, 5) is 14.0. The molecule has 17 heavy (non-hydrogen) atoms. The van der Waals surface area contributed by atoms with Gasteiger partial charge in [-0.2, -0.15) is 0 Å². The third-order valence-electron chi connectivity index (χ3n) is 2.31. The Balaban J connectivity index is 2.26. The van der Waals surface area contributed by atoms with Crippen LogP contribution in [0.4, 0.5) is 0 Å². The van der Waals surface area contributed by atoms with Gasteiger partial charge in [0.25, 0.3) is 0 Å². The maximum Gasteiger partial charge on any atom is 0.248 e. The fourth-order valence-electron chi connectivity index (χ4n) is 1.60. The minimum atomic E-state index is -0.0926. The zero-order chi connectivity index (χ0) is 12.3. The van der Waals surface area contributed by atoms with Crippen molar-refractivity contribution in [1.82, 2.24) is 4.98 Å². The molecule has 3 nitrogen and oxygen atoms in total. The molecule has 0 spiro atoms. The van der Waals surface area contributed by atoms with Gasteiger partial charge in [-0.1, -0.05) is 6.07 Å². The van der Waals surface area contributed by atoms with Gasteiger partial charge in [0.15, 0.2) is 0 Å². The Labute approximate surface area is 100 Å². The topological polar surface area (TPSA) is 42.1 Å². The summed E-state index contributed by atoms with van der Waals surface area (Å²) in [6.07, 6.45) is 0.164. The van der Waals surface area contributed by atoms with Crippen molar-refractivity contribution in [3.8, 4) is 17.0 Å². The van der Waals surface area contributed by atoms with Gasteiger partial charge in [0.05, 0.1) is 6.10 Å². The van der Waals surface area contributed by atoms with Crippen molar-refractivity contribution >= 4 is 0 Å². The van der Waals surface area contributed by atoms with Crippen molar-refractivity contribution in [2.24, 2.45) is 0 Å². The van der Waals surface area contributed by atoms with Crippen LogP contribution >= 0.6 is 0 Å². The molecule has 1 aromatic carbocycles. The average Bonchev–Trinajstić information content (AvgIpc) is 2.29. The zero-order valence-electron chi connectivity index (χ0n) is 9.94. The van der Waals surface area contributed by atoms with E-state index in [0.717, 1.165) is 17.0 Å². The monoisotopic (exact) mass is 229 g/mol. The van der Waals surface area contributed by atoms with Crippen molar-refractivity contribution in [2.45, 2.75) is 20.0 Å². The molecule has 1 N–H and O–H groups in total. The lowest BCUT2D eigenvalue weighted by Gasteiger charge is -2.10. The smallest absolute Gasteiger partial charge is 0.248 e. The zero-order valence-corrected chi connectivity index (χ0v) is 9.94. The third kappa shape index (κ3) is 2.97. The van der Waals surface area contributed by atoms with E-state index in [4.69, 9.17) is 4.74 Å². The standard InChI is InChI=1S/C14H15NO2/c1-10(2)17-12-8-6-11(7-9-12)13-4-3-5-14(16)15-13/h3-10H,1-2H3,(H,15,16). The van der Waals surface area contributed by atoms with Crippen LogP contribution in [0.25, 0.3) is 11.3 Å². The van der Waals surface area contributed by atoms with Crippen LogP contribution < -0.4 is 10.3 Å². The van der Waals surface area contributed by atoms with E-state index in [1.807, 2.05) is 44.2 Å². The molecule has 2 rings (SSSR count). The van der Waals surface area contributed by atoms with Gasteiger partial charge in [-0.25, -0.2) is 0 Å². The van der Waals surface area contributed by atoms with Gasteiger partial charge in [0.1, 0.15) is 5.75 Å². The van der Waals surface area contributed by atoms with Crippen molar-refractivity contribution in [1.29, 1.82) is 0 Å². The summed E-state index contributed by atoms with van der Waals surface area (Å²) in [6.45, 7) is 3.98. The number of aromatic amines is 1. The molecule has 0 saturated carbocycles. The molecule has 0 radical (unpaired) electrons. The van der Waals surface area contributed by atoms with Crippen LogP contribution in [0.3, 0.4) is 0 Å². The number of hydrogen-bond acceptors (Lipinski definition) is 2. The van der Waals surface area contributed by atoms with E-state index in [-0.39, 0.29) is 11.7 Å². The Morgan fingerprint density at radius 1 is 1.06 bits per heavy atom. The number of ether oxygens (including phenoxy) is 1. The Morgan fingerprint density at radius 3 is 2.35 bits per heavy atom. The molecular formula is C14H15NO2. The molecule has 0 aliphatic rings. The van der Waals surface area contributed by atoms with Crippen LogP contribution in [0.5, 0.6) is 5.75 Å². The van der Waals surface area contributed by atoms with E-state index in [1.54, 1.807) is 6.07 Å². The highest BCUT2D eigenvalue weighted by molar-refractivity contribution is 5.59. The van der Waals surface area contributed by atoms with Crippen molar-refractivity contribution in [2.75, 3.05) is 0 Å². The van der Waals surface area contributed by atoms with Gasteiger partial charge in [0, 0.05) is 11.8 Å². The van der Waals surface area contributed by atoms with E-state index < -0.39 is 0 Å². The summed E-state index contributed by atoms with van der Waals surface area (Å²) >= 11 is 0. The lowest BCUT2D eigenvalue weighted by atomic mass is 10.1. The SMILES string of the molecule is CC(C)Oc1ccc(-c2cccc(=O)[nH]2)cc1. The minimum Gasteiger partial charge on any atom is -0.491 e. The Kier molecular flexibility index (Phi) is 3.28. The molecule has 0 saturated heterocycles. The maximum atomic E-state index is 11.2. The summed E-state index contributed by atoms with van der Waals surface area (Å²) in [5.41, 5.74) is 1.69. The van der Waals surface area contributed by atoms with Crippen molar-refractivity contribution in [3.05, 3.63) is 52.8 Å².